The maximum Gasteiger partial charge on any atom is 0.306 e. The number of carbonyl (C=O) groups is 2. The number of hydrogen-bond donors (Lipinski definition) is 3. The summed E-state index contributed by atoms with van der Waals surface area (Å²) in [5, 5.41) is 23.9. The molecule has 1 amide bonds. The van der Waals surface area contributed by atoms with E-state index < -0.39 is 18.2 Å². The van der Waals surface area contributed by atoms with Crippen molar-refractivity contribution < 1.29 is 24.5 Å². The quantitative estimate of drug-likeness (QED) is 0.0321. The molecular weight excluding hydrogens is 815 g/mol. The van der Waals surface area contributed by atoms with Crippen molar-refractivity contribution in [3.63, 3.8) is 0 Å². The molecule has 0 fully saturated rings. The summed E-state index contributed by atoms with van der Waals surface area (Å²) in [5.74, 6) is -0.577. The average Bonchev–Trinajstić information content (AvgIpc) is 3.31. The monoisotopic (exact) mass is 922 g/mol. The highest BCUT2D eigenvalue weighted by Gasteiger charge is 2.24. The number of allylic oxidation sites excluding steroid dienone is 12. The Labute approximate surface area is 409 Å². The molecule has 6 heteroatoms. The Kier molecular flexibility index (Phi) is 51.1. The lowest BCUT2D eigenvalue weighted by atomic mass is 10.0. The van der Waals surface area contributed by atoms with Crippen molar-refractivity contribution in [2.45, 2.75) is 289 Å². The summed E-state index contributed by atoms with van der Waals surface area (Å²) < 4.78 is 5.91. The van der Waals surface area contributed by atoms with Crippen molar-refractivity contribution in [1.29, 1.82) is 0 Å². The van der Waals surface area contributed by atoms with Gasteiger partial charge in [0.2, 0.25) is 5.91 Å². The van der Waals surface area contributed by atoms with Crippen LogP contribution in [-0.4, -0.2) is 46.9 Å². The number of esters is 1. The van der Waals surface area contributed by atoms with E-state index in [1.807, 2.05) is 6.08 Å². The van der Waals surface area contributed by atoms with E-state index in [0.29, 0.717) is 19.3 Å². The second kappa shape index (κ2) is 53.3. The van der Waals surface area contributed by atoms with Crippen molar-refractivity contribution in [2.75, 3.05) is 6.61 Å². The smallest absolute Gasteiger partial charge is 0.306 e. The predicted octanol–water partition coefficient (Wildman–Crippen LogP) is 17.3. The molecule has 0 aromatic heterocycles. The van der Waals surface area contributed by atoms with Gasteiger partial charge in [0.1, 0.15) is 6.10 Å². The molecule has 0 aliphatic rings. The van der Waals surface area contributed by atoms with Gasteiger partial charge in [-0.3, -0.25) is 9.59 Å². The molecule has 0 rings (SSSR count). The second-order valence-corrected chi connectivity index (χ2v) is 19.0. The minimum atomic E-state index is -0.805. The van der Waals surface area contributed by atoms with Gasteiger partial charge in [-0.2, -0.15) is 0 Å². The number of aliphatic hydroxyl groups excluding tert-OH is 2. The van der Waals surface area contributed by atoms with Crippen LogP contribution < -0.4 is 5.32 Å². The summed E-state index contributed by atoms with van der Waals surface area (Å²) in [5.41, 5.74) is 0. The van der Waals surface area contributed by atoms with Crippen LogP contribution in [0.5, 0.6) is 0 Å². The lowest BCUT2D eigenvalue weighted by Gasteiger charge is -2.24. The Morgan fingerprint density at radius 1 is 0.455 bits per heavy atom. The van der Waals surface area contributed by atoms with Crippen LogP contribution in [0.2, 0.25) is 0 Å². The number of ether oxygens (including phenoxy) is 1. The molecule has 0 aliphatic heterocycles. The SMILES string of the molecule is CC/C=C/C/C=C/C/C=C/C/C=C/C/C=C/CCC(=O)OC(CCCCCCC/C=C/CCCCCCCC)CC(=O)NC(CO)C(O)CCCCCCCCCCCCCCCCCC. The Balaban J connectivity index is 4.66. The Morgan fingerprint density at radius 2 is 0.818 bits per heavy atom. The van der Waals surface area contributed by atoms with Crippen LogP contribution in [0.3, 0.4) is 0 Å². The van der Waals surface area contributed by atoms with Crippen molar-refractivity contribution >= 4 is 11.9 Å². The number of rotatable bonds is 50. The topological polar surface area (TPSA) is 95.9 Å². The van der Waals surface area contributed by atoms with Gasteiger partial charge in [-0.15, -0.1) is 0 Å². The molecule has 3 N–H and O–H groups in total. The first-order valence-electron chi connectivity index (χ1n) is 28.2. The summed E-state index contributed by atoms with van der Waals surface area (Å²) in [6, 6.07) is -0.722. The third kappa shape index (κ3) is 47.8. The molecule has 3 atom stereocenters. The second-order valence-electron chi connectivity index (χ2n) is 19.0. The summed E-state index contributed by atoms with van der Waals surface area (Å²) in [6.07, 6.45) is 68.3. The summed E-state index contributed by atoms with van der Waals surface area (Å²) in [6.45, 7) is 6.37. The molecular formula is C60H107NO5. The van der Waals surface area contributed by atoms with Gasteiger partial charge in [-0.05, 0) is 83.5 Å². The average molecular weight is 923 g/mol. The highest BCUT2D eigenvalue weighted by molar-refractivity contribution is 5.77. The maximum absolute atomic E-state index is 13.3. The van der Waals surface area contributed by atoms with E-state index in [-0.39, 0.29) is 31.3 Å². The third-order valence-corrected chi connectivity index (χ3v) is 12.5. The van der Waals surface area contributed by atoms with Crippen LogP contribution in [-0.2, 0) is 14.3 Å². The summed E-state index contributed by atoms with van der Waals surface area (Å²) in [7, 11) is 0. The van der Waals surface area contributed by atoms with E-state index in [2.05, 4.69) is 92.9 Å². The van der Waals surface area contributed by atoms with Crippen molar-refractivity contribution in [3.8, 4) is 0 Å². The highest BCUT2D eigenvalue weighted by atomic mass is 16.5. The number of nitrogens with one attached hydrogen (secondary N) is 1. The Bertz CT molecular complexity index is 1220. The van der Waals surface area contributed by atoms with Gasteiger partial charge in [0.15, 0.2) is 0 Å². The van der Waals surface area contributed by atoms with Gasteiger partial charge in [0, 0.05) is 6.42 Å². The molecule has 0 bridgehead atoms. The largest absolute Gasteiger partial charge is 0.462 e. The first kappa shape index (κ1) is 63.3. The fourth-order valence-electron chi connectivity index (χ4n) is 8.30. The number of unbranched alkanes of at least 4 members (excludes halogenated alkanes) is 26. The van der Waals surface area contributed by atoms with Gasteiger partial charge >= 0.3 is 5.97 Å². The molecule has 0 heterocycles. The Morgan fingerprint density at radius 3 is 1.24 bits per heavy atom. The van der Waals surface area contributed by atoms with Crippen molar-refractivity contribution in [2.24, 2.45) is 0 Å². The maximum atomic E-state index is 13.3. The molecule has 0 aromatic carbocycles. The number of hydrogen-bond acceptors (Lipinski definition) is 5. The molecule has 66 heavy (non-hydrogen) atoms. The number of amides is 1. The molecule has 6 nitrogen and oxygen atoms in total. The van der Waals surface area contributed by atoms with Crippen LogP contribution in [0, 0.1) is 0 Å². The molecule has 0 spiro atoms. The normalized spacial score (nSPS) is 13.7. The highest BCUT2D eigenvalue weighted by Crippen LogP contribution is 2.18. The fourth-order valence-corrected chi connectivity index (χ4v) is 8.30. The zero-order chi connectivity index (χ0) is 48.1. The number of aliphatic hydroxyl groups is 2. The van der Waals surface area contributed by atoms with Gasteiger partial charge in [-0.1, -0.05) is 248 Å². The number of carbonyl (C=O) groups excluding carboxylic acids is 2. The zero-order valence-electron chi connectivity index (χ0n) is 43.6. The lowest BCUT2D eigenvalue weighted by Crippen LogP contribution is -2.46. The van der Waals surface area contributed by atoms with E-state index in [1.54, 1.807) is 0 Å². The van der Waals surface area contributed by atoms with Crippen LogP contribution >= 0.6 is 0 Å². The molecule has 0 aliphatic carbocycles. The van der Waals surface area contributed by atoms with E-state index in [0.717, 1.165) is 77.0 Å². The van der Waals surface area contributed by atoms with Crippen molar-refractivity contribution in [1.82, 2.24) is 5.32 Å². The van der Waals surface area contributed by atoms with Gasteiger partial charge in [-0.25, -0.2) is 0 Å². The lowest BCUT2D eigenvalue weighted by molar-refractivity contribution is -0.150. The van der Waals surface area contributed by atoms with E-state index in [1.165, 1.54) is 141 Å². The van der Waals surface area contributed by atoms with E-state index in [9.17, 15) is 19.8 Å². The zero-order valence-corrected chi connectivity index (χ0v) is 43.6. The van der Waals surface area contributed by atoms with Crippen LogP contribution in [0.25, 0.3) is 0 Å². The standard InChI is InChI=1S/C60H107NO5/c1-4-7-10-13-16-19-22-25-28-31-34-37-40-43-46-49-52-58(63)57(55-62)61-59(64)54-56(51-48-45-42-39-36-33-30-27-24-21-18-15-12-9-6-3)66-60(65)53-50-47-44-41-38-35-32-29-26-23-20-17-14-11-8-5-2/h8,11,17,20,26-27,29-30,35,38,44,47,56-58,62-63H,4-7,9-10,12-16,18-19,21-25,28,31-34,36-37,39-43,45-46,48-55H2,1-3H3,(H,61,64)/b11-8+,20-17+,29-26+,30-27+,38-35+,47-44+. The predicted molar refractivity (Wildman–Crippen MR) is 287 cm³/mol. The molecule has 0 aromatic rings. The minimum Gasteiger partial charge on any atom is -0.462 e. The summed E-state index contributed by atoms with van der Waals surface area (Å²) >= 11 is 0. The van der Waals surface area contributed by atoms with Crippen LogP contribution in [0.4, 0.5) is 0 Å². The molecule has 382 valence electrons. The first-order valence-corrected chi connectivity index (χ1v) is 28.2. The first-order chi connectivity index (χ1) is 32.5. The molecule has 0 saturated heterocycles. The van der Waals surface area contributed by atoms with Crippen LogP contribution in [0.1, 0.15) is 271 Å². The fraction of sp³-hybridized carbons (Fsp3) is 0.767. The van der Waals surface area contributed by atoms with Gasteiger partial charge in [0.05, 0.1) is 25.2 Å². The third-order valence-electron chi connectivity index (χ3n) is 12.5. The molecule has 3 unspecified atom stereocenters. The van der Waals surface area contributed by atoms with Gasteiger partial charge in [0.25, 0.3) is 0 Å². The molecule has 0 radical (unpaired) electrons. The Hall–Kier alpha value is -2.70. The minimum absolute atomic E-state index is 0.0408. The molecule has 0 saturated carbocycles. The van der Waals surface area contributed by atoms with E-state index in [4.69, 9.17) is 4.74 Å². The summed E-state index contributed by atoms with van der Waals surface area (Å²) in [4.78, 5) is 26.2. The van der Waals surface area contributed by atoms with Crippen LogP contribution in [0.15, 0.2) is 72.9 Å². The van der Waals surface area contributed by atoms with E-state index >= 15 is 0 Å². The van der Waals surface area contributed by atoms with Gasteiger partial charge < -0.3 is 20.3 Å². The van der Waals surface area contributed by atoms with Crippen molar-refractivity contribution in [3.05, 3.63) is 72.9 Å².